The second-order valence-corrected chi connectivity index (χ2v) is 14.7. The molecule has 0 fully saturated rings. The Labute approximate surface area is 305 Å². The van der Waals surface area contributed by atoms with Gasteiger partial charge in [-0.1, -0.05) is 84.9 Å². The third-order valence-electron chi connectivity index (χ3n) is 12.0. The van der Waals surface area contributed by atoms with Gasteiger partial charge in [0.25, 0.3) is 0 Å². The fourth-order valence-electron chi connectivity index (χ4n) is 9.72. The van der Waals surface area contributed by atoms with E-state index in [-0.39, 0.29) is 0 Å². The predicted molar refractivity (Wildman–Crippen MR) is 220 cm³/mol. The lowest BCUT2D eigenvalue weighted by Gasteiger charge is -2.21. The van der Waals surface area contributed by atoms with Gasteiger partial charge in [-0.3, -0.25) is 0 Å². The first-order valence-corrected chi connectivity index (χ1v) is 18.3. The van der Waals surface area contributed by atoms with Crippen molar-refractivity contribution in [2.24, 2.45) is 0 Å². The zero-order valence-corrected chi connectivity index (χ0v) is 28.5. The first kappa shape index (κ1) is 27.4. The molecule has 10 aromatic rings. The van der Waals surface area contributed by atoms with Crippen molar-refractivity contribution in [2.75, 3.05) is 0 Å². The zero-order valence-electron chi connectivity index (χ0n) is 28.5. The van der Waals surface area contributed by atoms with E-state index in [0.29, 0.717) is 0 Å². The lowest BCUT2D eigenvalue weighted by molar-refractivity contribution is 0.646. The summed E-state index contributed by atoms with van der Waals surface area (Å²) in [5, 5.41) is 11.3. The molecule has 0 saturated carbocycles. The normalized spacial score (nSPS) is 12.8. The van der Waals surface area contributed by atoms with Gasteiger partial charge in [-0.25, -0.2) is 0 Å². The molecule has 0 bridgehead atoms. The maximum Gasteiger partial charge on any atom is 0.136 e. The summed E-state index contributed by atoms with van der Waals surface area (Å²) in [6.45, 7) is 0. The van der Waals surface area contributed by atoms with Gasteiger partial charge in [-0.2, -0.15) is 0 Å². The highest BCUT2D eigenvalue weighted by molar-refractivity contribution is 6.26. The van der Waals surface area contributed by atoms with Gasteiger partial charge in [0, 0.05) is 43.8 Å². The van der Waals surface area contributed by atoms with E-state index in [1.54, 1.807) is 0 Å². The molecule has 4 heteroatoms. The Morgan fingerprint density at radius 3 is 1.09 bits per heavy atom. The summed E-state index contributed by atoms with van der Waals surface area (Å²) in [5.74, 6) is 0. The van der Waals surface area contributed by atoms with Crippen LogP contribution in [0.5, 0.6) is 0 Å². The fraction of sp³-hybridized carbons (Fsp3) is 0. The van der Waals surface area contributed by atoms with Crippen LogP contribution in [0.25, 0.3) is 143 Å². The summed E-state index contributed by atoms with van der Waals surface area (Å²) in [5.41, 5.74) is 15.9. The summed E-state index contributed by atoms with van der Waals surface area (Å²) in [6, 6.07) is 51.6. The Kier molecular flexibility index (Phi) is 4.75. The van der Waals surface area contributed by atoms with Gasteiger partial charge in [0.05, 0.1) is 0 Å². The van der Waals surface area contributed by atoms with E-state index < -0.39 is 0 Å². The molecule has 0 aromatic heterocycles. The highest BCUT2D eigenvalue weighted by Gasteiger charge is 2.27. The molecule has 10 aromatic carbocycles. The second-order valence-electron chi connectivity index (χ2n) is 14.7. The highest BCUT2D eigenvalue weighted by Crippen LogP contribution is 2.51. The van der Waals surface area contributed by atoms with Gasteiger partial charge in [-0.05, 0) is 115 Å². The van der Waals surface area contributed by atoms with Crippen molar-refractivity contribution in [3.05, 3.63) is 146 Å². The van der Waals surface area contributed by atoms with Crippen LogP contribution in [-0.4, -0.2) is 0 Å². The van der Waals surface area contributed by atoms with Crippen molar-refractivity contribution < 1.29 is 17.7 Å². The molecule has 0 saturated heterocycles. The lowest BCUT2D eigenvalue weighted by atomic mass is 9.87. The zero-order chi connectivity index (χ0) is 34.8. The minimum atomic E-state index is 0.848. The summed E-state index contributed by atoms with van der Waals surface area (Å²) < 4.78 is 26.5. The largest absolute Gasteiger partial charge is 0.456 e. The number of rotatable bonds is 2. The molecule has 0 radical (unpaired) electrons. The average Bonchev–Trinajstić information content (AvgIpc) is 3.22. The predicted octanol–water partition coefficient (Wildman–Crippen LogP) is 14.9. The van der Waals surface area contributed by atoms with Crippen molar-refractivity contribution >= 4 is 98.5 Å². The maximum absolute atomic E-state index is 6.77. The second kappa shape index (κ2) is 9.37. The van der Waals surface area contributed by atoms with E-state index in [1.807, 2.05) is 24.3 Å². The van der Waals surface area contributed by atoms with Crippen LogP contribution in [0.15, 0.2) is 163 Å². The molecule has 4 aliphatic rings. The third-order valence-corrected chi connectivity index (χ3v) is 12.0. The quantitative estimate of drug-likeness (QED) is 0.134. The van der Waals surface area contributed by atoms with Crippen molar-refractivity contribution in [1.29, 1.82) is 0 Å². The van der Waals surface area contributed by atoms with Gasteiger partial charge < -0.3 is 17.7 Å². The number of fused-ring (bicyclic) bond motifs is 1. The van der Waals surface area contributed by atoms with Crippen LogP contribution in [0.3, 0.4) is 0 Å². The van der Waals surface area contributed by atoms with Gasteiger partial charge in [0.2, 0.25) is 0 Å². The molecule has 0 amide bonds. The first-order chi connectivity index (χ1) is 26.7. The SMILES string of the molecule is c1cc2ccc3oc4cc(-c5ccc(-c6cc7ccc8oc9cccc%10ccc%11oc(c6)c7c8-c%11c%109)c6ccccc56)cc5ccc6oc(c1)c2c3-c6c54. The molecule has 0 unspecified atom stereocenters. The summed E-state index contributed by atoms with van der Waals surface area (Å²) >= 11 is 0. The number of hydrogen-bond donors (Lipinski definition) is 0. The molecular weight excluding hydrogens is 665 g/mol. The first-order valence-electron chi connectivity index (χ1n) is 18.3. The molecular formula is C50H24O4. The fourth-order valence-corrected chi connectivity index (χ4v) is 9.72. The molecule has 4 aliphatic heterocycles. The summed E-state index contributed by atoms with van der Waals surface area (Å²) in [6.07, 6.45) is 0. The Morgan fingerprint density at radius 2 is 0.648 bits per heavy atom. The van der Waals surface area contributed by atoms with Gasteiger partial charge in [-0.15, -0.1) is 0 Å². The van der Waals surface area contributed by atoms with Gasteiger partial charge in [0.1, 0.15) is 44.7 Å². The smallest absolute Gasteiger partial charge is 0.136 e. The van der Waals surface area contributed by atoms with Gasteiger partial charge in [0.15, 0.2) is 0 Å². The standard InChI is InChI=1S/C50H24O4/c1-2-8-34-32(30-22-28-14-20-38-50-46(28)42(24-30)54-40-18-12-26-6-4-10-36(52-38)44(26)48(40)50)16-15-31(33(34)7-1)29-21-27-13-19-37-49-45(27)41(23-29)53-39-17-11-25-5-3-9-35(51-37)43(25)47(39)49/h1-24H. The van der Waals surface area contributed by atoms with Crippen LogP contribution in [0.1, 0.15) is 0 Å². The maximum atomic E-state index is 6.77. The summed E-state index contributed by atoms with van der Waals surface area (Å²) in [4.78, 5) is 0. The van der Waals surface area contributed by atoms with Crippen molar-refractivity contribution in [3.63, 3.8) is 0 Å². The molecule has 0 aliphatic carbocycles. The monoisotopic (exact) mass is 688 g/mol. The van der Waals surface area contributed by atoms with E-state index in [2.05, 4.69) is 121 Å². The van der Waals surface area contributed by atoms with Crippen molar-refractivity contribution in [1.82, 2.24) is 0 Å². The van der Waals surface area contributed by atoms with Crippen LogP contribution >= 0.6 is 0 Å². The average molecular weight is 689 g/mol. The number of hydrogen-bond acceptors (Lipinski definition) is 4. The van der Waals surface area contributed by atoms with Crippen LogP contribution < -0.4 is 0 Å². The molecule has 0 atom stereocenters. The Balaban J connectivity index is 0.996. The van der Waals surface area contributed by atoms with Crippen molar-refractivity contribution in [2.45, 2.75) is 0 Å². The van der Waals surface area contributed by atoms with Crippen LogP contribution in [0.4, 0.5) is 0 Å². The molecule has 0 spiro atoms. The molecule has 248 valence electrons. The molecule has 4 nitrogen and oxygen atoms in total. The Bertz CT molecular complexity index is 3540. The van der Waals surface area contributed by atoms with Crippen LogP contribution in [0, 0.1) is 0 Å². The van der Waals surface area contributed by atoms with E-state index in [9.17, 15) is 0 Å². The molecule has 0 N–H and O–H groups in total. The molecule has 14 rings (SSSR count). The number of benzene rings is 10. The molecule has 4 heterocycles. The van der Waals surface area contributed by atoms with Crippen LogP contribution in [0.2, 0.25) is 0 Å². The van der Waals surface area contributed by atoms with Crippen molar-refractivity contribution in [3.8, 4) is 44.5 Å². The van der Waals surface area contributed by atoms with E-state index in [0.717, 1.165) is 132 Å². The molecule has 54 heavy (non-hydrogen) atoms. The lowest BCUT2D eigenvalue weighted by Crippen LogP contribution is -1.95. The van der Waals surface area contributed by atoms with Crippen LogP contribution in [-0.2, 0) is 0 Å². The topological polar surface area (TPSA) is 52.6 Å². The Hall–Kier alpha value is -7.30. The van der Waals surface area contributed by atoms with E-state index in [1.165, 1.54) is 10.8 Å². The minimum absolute atomic E-state index is 0.848. The highest BCUT2D eigenvalue weighted by atomic mass is 16.3. The third kappa shape index (κ3) is 3.31. The van der Waals surface area contributed by atoms with E-state index in [4.69, 9.17) is 17.7 Å². The summed E-state index contributed by atoms with van der Waals surface area (Å²) in [7, 11) is 0. The van der Waals surface area contributed by atoms with E-state index >= 15 is 0 Å². The minimum Gasteiger partial charge on any atom is -0.456 e. The van der Waals surface area contributed by atoms with Gasteiger partial charge >= 0.3 is 0 Å². The Morgan fingerprint density at radius 1 is 0.259 bits per heavy atom.